The third-order valence-electron chi connectivity index (χ3n) is 3.47. The summed E-state index contributed by atoms with van der Waals surface area (Å²) in [5, 5.41) is 8.27. The molecule has 23 heavy (non-hydrogen) atoms. The first-order chi connectivity index (χ1) is 11.0. The fourth-order valence-electron chi connectivity index (χ4n) is 2.27. The van der Waals surface area contributed by atoms with Gasteiger partial charge in [0.2, 0.25) is 5.89 Å². The number of hydrogen-bond donors (Lipinski definition) is 1. The summed E-state index contributed by atoms with van der Waals surface area (Å²) in [5.74, 6) is 2.86. The van der Waals surface area contributed by atoms with Crippen molar-refractivity contribution >= 4 is 11.0 Å². The maximum Gasteiger partial charge on any atom is 0.232 e. The van der Waals surface area contributed by atoms with E-state index < -0.39 is 0 Å². The third-order valence-corrected chi connectivity index (χ3v) is 3.47. The van der Waals surface area contributed by atoms with Crippen molar-refractivity contribution in [3.63, 3.8) is 0 Å². The number of para-hydroxylation sites is 1. The summed E-state index contributed by atoms with van der Waals surface area (Å²) < 4.78 is 16.4. The van der Waals surface area contributed by atoms with Gasteiger partial charge in [-0.25, -0.2) is 0 Å². The Morgan fingerprint density at radius 2 is 2.04 bits per heavy atom. The minimum Gasteiger partial charge on any atom is -0.493 e. The third kappa shape index (κ3) is 3.37. The van der Waals surface area contributed by atoms with Crippen molar-refractivity contribution in [1.29, 1.82) is 0 Å². The van der Waals surface area contributed by atoms with Gasteiger partial charge in [-0.1, -0.05) is 38.1 Å². The van der Waals surface area contributed by atoms with Crippen molar-refractivity contribution in [1.82, 2.24) is 15.5 Å². The number of benzene rings is 1. The first-order valence-corrected chi connectivity index (χ1v) is 7.56. The van der Waals surface area contributed by atoms with Gasteiger partial charge < -0.3 is 19.0 Å². The standard InChI is InChI=1S/C17H21N3O3/c1-17(2,3)16-19-14(20-23-16)10-18-9-12-8-11-6-5-7-13(21-4)15(11)22-12/h5-8,18H,9-10H2,1-4H3. The molecule has 2 aromatic heterocycles. The van der Waals surface area contributed by atoms with Gasteiger partial charge in [-0.3, -0.25) is 0 Å². The summed E-state index contributed by atoms with van der Waals surface area (Å²) in [6.45, 7) is 7.23. The molecule has 122 valence electrons. The predicted molar refractivity (Wildman–Crippen MR) is 86.3 cm³/mol. The molecule has 0 aliphatic carbocycles. The van der Waals surface area contributed by atoms with Gasteiger partial charge in [-0.2, -0.15) is 4.98 Å². The minimum absolute atomic E-state index is 0.138. The van der Waals surface area contributed by atoms with Crippen molar-refractivity contribution in [2.75, 3.05) is 7.11 Å². The lowest BCUT2D eigenvalue weighted by Gasteiger charge is -2.10. The van der Waals surface area contributed by atoms with E-state index in [1.165, 1.54) is 0 Å². The maximum atomic E-state index is 5.84. The number of methoxy groups -OCH3 is 1. The summed E-state index contributed by atoms with van der Waals surface area (Å²) in [6, 6.07) is 7.83. The van der Waals surface area contributed by atoms with Crippen LogP contribution >= 0.6 is 0 Å². The van der Waals surface area contributed by atoms with Crippen LogP contribution in [0.2, 0.25) is 0 Å². The van der Waals surface area contributed by atoms with Crippen LogP contribution in [0, 0.1) is 0 Å². The molecule has 0 saturated heterocycles. The summed E-state index contributed by atoms with van der Waals surface area (Å²) in [6.07, 6.45) is 0. The van der Waals surface area contributed by atoms with E-state index in [0.29, 0.717) is 24.8 Å². The number of fused-ring (bicyclic) bond motifs is 1. The fraction of sp³-hybridized carbons (Fsp3) is 0.412. The molecule has 1 N–H and O–H groups in total. The van der Waals surface area contributed by atoms with Crippen molar-refractivity contribution in [3.8, 4) is 5.75 Å². The van der Waals surface area contributed by atoms with E-state index in [9.17, 15) is 0 Å². The zero-order valence-electron chi connectivity index (χ0n) is 13.8. The van der Waals surface area contributed by atoms with Crippen molar-refractivity contribution in [2.45, 2.75) is 39.3 Å². The Kier molecular flexibility index (Phi) is 4.09. The van der Waals surface area contributed by atoms with E-state index in [1.807, 2.05) is 45.0 Å². The largest absolute Gasteiger partial charge is 0.493 e. The van der Waals surface area contributed by atoms with Crippen LogP contribution in [0.25, 0.3) is 11.0 Å². The van der Waals surface area contributed by atoms with E-state index in [-0.39, 0.29) is 5.41 Å². The van der Waals surface area contributed by atoms with Gasteiger partial charge in [0.05, 0.1) is 20.2 Å². The average molecular weight is 315 g/mol. The van der Waals surface area contributed by atoms with E-state index in [2.05, 4.69) is 15.5 Å². The lowest BCUT2D eigenvalue weighted by atomic mass is 9.97. The van der Waals surface area contributed by atoms with E-state index in [4.69, 9.17) is 13.7 Å². The number of rotatable bonds is 5. The number of hydrogen-bond acceptors (Lipinski definition) is 6. The Morgan fingerprint density at radius 3 is 2.74 bits per heavy atom. The van der Waals surface area contributed by atoms with Crippen molar-refractivity contribution in [3.05, 3.63) is 41.7 Å². The van der Waals surface area contributed by atoms with Gasteiger partial charge in [-0.05, 0) is 12.1 Å². The quantitative estimate of drug-likeness (QED) is 0.778. The zero-order chi connectivity index (χ0) is 16.4. The van der Waals surface area contributed by atoms with Gasteiger partial charge in [0, 0.05) is 10.8 Å². The Hall–Kier alpha value is -2.34. The second-order valence-corrected chi connectivity index (χ2v) is 6.46. The van der Waals surface area contributed by atoms with Crippen LogP contribution in [-0.2, 0) is 18.5 Å². The number of nitrogens with one attached hydrogen (secondary N) is 1. The minimum atomic E-state index is -0.138. The van der Waals surface area contributed by atoms with E-state index in [1.54, 1.807) is 7.11 Å². The van der Waals surface area contributed by atoms with E-state index >= 15 is 0 Å². The molecule has 0 radical (unpaired) electrons. The Bertz CT molecular complexity index is 799. The Labute approximate surface area is 134 Å². The van der Waals surface area contributed by atoms with Gasteiger partial charge in [0.15, 0.2) is 17.2 Å². The van der Waals surface area contributed by atoms with Crippen LogP contribution in [0.1, 0.15) is 38.2 Å². The van der Waals surface area contributed by atoms with Gasteiger partial charge >= 0.3 is 0 Å². The SMILES string of the molecule is COc1cccc2cc(CNCc3noc(C(C)(C)C)n3)oc12. The van der Waals surface area contributed by atoms with Crippen molar-refractivity contribution < 1.29 is 13.7 Å². The summed E-state index contributed by atoms with van der Waals surface area (Å²) >= 11 is 0. The lowest BCUT2D eigenvalue weighted by molar-refractivity contribution is 0.317. The van der Waals surface area contributed by atoms with Gasteiger partial charge in [0.1, 0.15) is 5.76 Å². The van der Waals surface area contributed by atoms with Crippen LogP contribution in [0.3, 0.4) is 0 Å². The monoisotopic (exact) mass is 315 g/mol. The number of ether oxygens (including phenoxy) is 1. The smallest absolute Gasteiger partial charge is 0.232 e. The van der Waals surface area contributed by atoms with Gasteiger partial charge in [0.25, 0.3) is 0 Å². The molecule has 0 atom stereocenters. The van der Waals surface area contributed by atoms with Crippen LogP contribution < -0.4 is 10.1 Å². The number of aromatic nitrogens is 2. The summed E-state index contributed by atoms with van der Waals surface area (Å²) in [5.41, 5.74) is 0.627. The molecule has 0 fully saturated rings. The molecule has 0 aliphatic heterocycles. The molecule has 0 bridgehead atoms. The fourth-order valence-corrected chi connectivity index (χ4v) is 2.27. The highest BCUT2D eigenvalue weighted by Crippen LogP contribution is 2.28. The molecule has 0 saturated carbocycles. The molecule has 0 spiro atoms. The zero-order valence-corrected chi connectivity index (χ0v) is 13.8. The highest BCUT2D eigenvalue weighted by Gasteiger charge is 2.21. The first kappa shape index (κ1) is 15.6. The molecular formula is C17H21N3O3. The molecule has 1 aromatic carbocycles. The summed E-state index contributed by atoms with van der Waals surface area (Å²) in [4.78, 5) is 4.39. The Morgan fingerprint density at radius 1 is 1.22 bits per heavy atom. The number of furan rings is 1. The topological polar surface area (TPSA) is 73.3 Å². The highest BCUT2D eigenvalue weighted by atomic mass is 16.5. The normalized spacial score (nSPS) is 12.0. The Balaban J connectivity index is 1.64. The van der Waals surface area contributed by atoms with Crippen LogP contribution in [-0.4, -0.2) is 17.3 Å². The molecular weight excluding hydrogens is 294 g/mol. The van der Waals surface area contributed by atoms with Crippen molar-refractivity contribution in [2.24, 2.45) is 0 Å². The molecule has 0 aliphatic rings. The first-order valence-electron chi connectivity index (χ1n) is 7.56. The van der Waals surface area contributed by atoms with Crippen LogP contribution in [0.15, 0.2) is 33.2 Å². The van der Waals surface area contributed by atoms with E-state index in [0.717, 1.165) is 22.5 Å². The number of nitrogens with zero attached hydrogens (tertiary/aromatic N) is 2. The molecule has 0 unspecified atom stereocenters. The molecule has 2 heterocycles. The second kappa shape index (κ2) is 6.04. The maximum absolute atomic E-state index is 5.84. The lowest BCUT2D eigenvalue weighted by Crippen LogP contribution is -2.14. The average Bonchev–Trinajstić information content (AvgIpc) is 3.12. The molecule has 6 nitrogen and oxygen atoms in total. The summed E-state index contributed by atoms with van der Waals surface area (Å²) in [7, 11) is 1.64. The molecule has 3 aromatic rings. The highest BCUT2D eigenvalue weighted by molar-refractivity contribution is 5.83. The van der Waals surface area contributed by atoms with Gasteiger partial charge in [-0.15, -0.1) is 0 Å². The predicted octanol–water partition coefficient (Wildman–Crippen LogP) is 3.41. The second-order valence-electron chi connectivity index (χ2n) is 6.46. The molecule has 0 amide bonds. The molecule has 3 rings (SSSR count). The van der Waals surface area contributed by atoms with Crippen LogP contribution in [0.4, 0.5) is 0 Å². The molecule has 6 heteroatoms. The van der Waals surface area contributed by atoms with Crippen LogP contribution in [0.5, 0.6) is 5.75 Å².